The van der Waals surface area contributed by atoms with Crippen molar-refractivity contribution in [1.82, 2.24) is 14.9 Å². The molecule has 1 heterocycles. The van der Waals surface area contributed by atoms with E-state index in [1.165, 1.54) is 11.8 Å². The van der Waals surface area contributed by atoms with Gasteiger partial charge in [0.15, 0.2) is 5.16 Å². The lowest BCUT2D eigenvalue weighted by Gasteiger charge is -2.16. The van der Waals surface area contributed by atoms with Gasteiger partial charge in [0, 0.05) is 11.1 Å². The maximum absolute atomic E-state index is 12.7. The fourth-order valence-corrected chi connectivity index (χ4v) is 3.16. The summed E-state index contributed by atoms with van der Waals surface area (Å²) in [5.74, 6) is 2.27. The summed E-state index contributed by atoms with van der Waals surface area (Å²) in [6, 6.07) is 4.90. The third-order valence-corrected chi connectivity index (χ3v) is 4.26. The number of nitrogens with zero attached hydrogens (tertiary/aromatic N) is 2. The minimum atomic E-state index is -0.205. The van der Waals surface area contributed by atoms with Crippen molar-refractivity contribution in [3.05, 3.63) is 33.6 Å². The van der Waals surface area contributed by atoms with Gasteiger partial charge in [-0.25, -0.2) is 4.98 Å². The number of nitrogens with one attached hydrogen (secondary N) is 1. The molecule has 0 aliphatic heterocycles. The molecule has 0 atom stereocenters. The molecule has 2 aromatic rings. The van der Waals surface area contributed by atoms with Crippen LogP contribution in [0.5, 0.6) is 0 Å². The molecule has 0 fully saturated rings. The Morgan fingerprint density at radius 3 is 2.91 bits per heavy atom. The first-order valence-corrected chi connectivity index (χ1v) is 8.35. The fraction of sp³-hybridized carbons (Fsp3) is 0.312. The van der Waals surface area contributed by atoms with Crippen LogP contribution in [0.4, 0.5) is 0 Å². The molecule has 1 amide bonds. The molecule has 120 valence electrons. The van der Waals surface area contributed by atoms with Crippen LogP contribution >= 0.6 is 23.4 Å². The standard InChI is InChI=1S/C16H16ClN3O2S/c1-4-7-18-14(21)9-23-16-19-13-8-11(17)5-6-12(13)15(22)20(16)10(2)3/h1,5-6,8,10H,7,9H2,2-3H3,(H,18,21). The lowest BCUT2D eigenvalue weighted by atomic mass is 10.2. The summed E-state index contributed by atoms with van der Waals surface area (Å²) in [5, 5.41) is 4.07. The van der Waals surface area contributed by atoms with Crippen molar-refractivity contribution in [3.63, 3.8) is 0 Å². The number of hydrogen-bond donors (Lipinski definition) is 1. The van der Waals surface area contributed by atoms with Gasteiger partial charge in [0.2, 0.25) is 5.91 Å². The summed E-state index contributed by atoms with van der Waals surface area (Å²) in [5.41, 5.74) is 0.374. The number of aromatic nitrogens is 2. The molecule has 0 spiro atoms. The Labute approximate surface area is 143 Å². The fourth-order valence-electron chi connectivity index (χ4n) is 2.04. The van der Waals surface area contributed by atoms with E-state index in [4.69, 9.17) is 18.0 Å². The van der Waals surface area contributed by atoms with Crippen LogP contribution in [0.3, 0.4) is 0 Å². The molecule has 0 saturated carbocycles. The molecule has 1 aromatic carbocycles. The molecule has 1 aromatic heterocycles. The zero-order valence-corrected chi connectivity index (χ0v) is 14.4. The Bertz CT molecular complexity index is 840. The molecular weight excluding hydrogens is 334 g/mol. The Morgan fingerprint density at radius 2 is 2.26 bits per heavy atom. The van der Waals surface area contributed by atoms with Crippen LogP contribution in [0.25, 0.3) is 10.9 Å². The lowest BCUT2D eigenvalue weighted by Crippen LogP contribution is -2.28. The molecule has 0 bridgehead atoms. The van der Waals surface area contributed by atoms with Gasteiger partial charge in [-0.05, 0) is 32.0 Å². The number of halogens is 1. The predicted molar refractivity (Wildman–Crippen MR) is 94.0 cm³/mol. The minimum Gasteiger partial charge on any atom is -0.344 e. The second-order valence-corrected chi connectivity index (χ2v) is 6.47. The summed E-state index contributed by atoms with van der Waals surface area (Å²) in [7, 11) is 0. The van der Waals surface area contributed by atoms with Gasteiger partial charge >= 0.3 is 0 Å². The van der Waals surface area contributed by atoms with Crippen LogP contribution in [0, 0.1) is 12.3 Å². The van der Waals surface area contributed by atoms with Gasteiger partial charge in [0.05, 0.1) is 23.2 Å². The summed E-state index contributed by atoms with van der Waals surface area (Å²) >= 11 is 7.17. The third-order valence-electron chi connectivity index (χ3n) is 3.07. The van der Waals surface area contributed by atoms with Gasteiger partial charge in [-0.2, -0.15) is 0 Å². The largest absolute Gasteiger partial charge is 0.344 e. The van der Waals surface area contributed by atoms with Gasteiger partial charge in [-0.3, -0.25) is 14.2 Å². The number of terminal acetylenes is 1. The van der Waals surface area contributed by atoms with Crippen LogP contribution in [-0.4, -0.2) is 27.8 Å². The van der Waals surface area contributed by atoms with Crippen LogP contribution in [0.15, 0.2) is 28.2 Å². The second kappa shape index (κ2) is 7.53. The molecule has 23 heavy (non-hydrogen) atoms. The van der Waals surface area contributed by atoms with E-state index in [0.717, 1.165) is 0 Å². The lowest BCUT2D eigenvalue weighted by molar-refractivity contribution is -0.118. The van der Waals surface area contributed by atoms with Crippen LogP contribution in [0.1, 0.15) is 19.9 Å². The average molecular weight is 350 g/mol. The van der Waals surface area contributed by atoms with Crippen LogP contribution in [0.2, 0.25) is 5.02 Å². The zero-order chi connectivity index (χ0) is 17.0. The number of thioether (sulfide) groups is 1. The van der Waals surface area contributed by atoms with Crippen molar-refractivity contribution < 1.29 is 4.79 Å². The van der Waals surface area contributed by atoms with Crippen molar-refractivity contribution in [2.75, 3.05) is 12.3 Å². The Kier molecular flexibility index (Phi) is 5.69. The topological polar surface area (TPSA) is 64.0 Å². The highest BCUT2D eigenvalue weighted by Gasteiger charge is 2.15. The maximum atomic E-state index is 12.7. The van der Waals surface area contributed by atoms with Crippen molar-refractivity contribution >= 4 is 40.2 Å². The number of fused-ring (bicyclic) bond motifs is 1. The van der Waals surface area contributed by atoms with Gasteiger partial charge in [0.25, 0.3) is 5.56 Å². The summed E-state index contributed by atoms with van der Waals surface area (Å²) in [4.78, 5) is 28.8. The van der Waals surface area contributed by atoms with Gasteiger partial charge in [-0.15, -0.1) is 6.42 Å². The summed E-state index contributed by atoms with van der Waals surface area (Å²) in [6.07, 6.45) is 5.10. The number of amides is 1. The van der Waals surface area contributed by atoms with E-state index < -0.39 is 0 Å². The van der Waals surface area contributed by atoms with E-state index in [1.54, 1.807) is 22.8 Å². The highest BCUT2D eigenvalue weighted by molar-refractivity contribution is 7.99. The predicted octanol–water partition coefficient (Wildman–Crippen LogP) is 2.47. The average Bonchev–Trinajstić information content (AvgIpc) is 2.50. The molecule has 7 heteroatoms. The van der Waals surface area contributed by atoms with E-state index >= 15 is 0 Å². The van der Waals surface area contributed by atoms with Crippen molar-refractivity contribution in [3.8, 4) is 12.3 Å². The molecule has 0 aliphatic rings. The smallest absolute Gasteiger partial charge is 0.262 e. The quantitative estimate of drug-likeness (QED) is 0.511. The van der Waals surface area contributed by atoms with Crippen LogP contribution in [-0.2, 0) is 4.79 Å². The Morgan fingerprint density at radius 1 is 1.52 bits per heavy atom. The van der Waals surface area contributed by atoms with Crippen molar-refractivity contribution in [2.45, 2.75) is 25.0 Å². The first-order chi connectivity index (χ1) is 10.9. The number of hydrogen-bond acceptors (Lipinski definition) is 4. The number of carbonyl (C=O) groups is 1. The molecule has 0 unspecified atom stereocenters. The first kappa shape index (κ1) is 17.4. The SMILES string of the molecule is C#CCNC(=O)CSc1nc2cc(Cl)ccc2c(=O)n1C(C)C. The molecule has 1 N–H and O–H groups in total. The first-order valence-electron chi connectivity index (χ1n) is 6.98. The number of carbonyl (C=O) groups excluding carboxylic acids is 1. The molecular formula is C16H16ClN3O2S. The maximum Gasteiger partial charge on any atom is 0.262 e. The van der Waals surface area contributed by atoms with Crippen molar-refractivity contribution in [2.24, 2.45) is 0 Å². The zero-order valence-electron chi connectivity index (χ0n) is 12.8. The normalized spacial score (nSPS) is 10.7. The molecule has 0 radical (unpaired) electrons. The Balaban J connectivity index is 2.41. The van der Waals surface area contributed by atoms with Crippen LogP contribution < -0.4 is 10.9 Å². The van der Waals surface area contributed by atoms with Gasteiger partial charge in [0.1, 0.15) is 0 Å². The highest BCUT2D eigenvalue weighted by atomic mass is 35.5. The van der Waals surface area contributed by atoms with E-state index in [1.807, 2.05) is 13.8 Å². The van der Waals surface area contributed by atoms with E-state index in [9.17, 15) is 9.59 Å². The van der Waals surface area contributed by atoms with E-state index in [-0.39, 0.29) is 29.8 Å². The monoisotopic (exact) mass is 349 g/mol. The van der Waals surface area contributed by atoms with Crippen molar-refractivity contribution in [1.29, 1.82) is 0 Å². The molecule has 2 rings (SSSR count). The summed E-state index contributed by atoms with van der Waals surface area (Å²) in [6.45, 7) is 3.97. The highest BCUT2D eigenvalue weighted by Crippen LogP contribution is 2.22. The number of rotatable bonds is 5. The minimum absolute atomic E-state index is 0.0775. The second-order valence-electron chi connectivity index (χ2n) is 5.09. The Hall–Kier alpha value is -1.97. The molecule has 0 saturated heterocycles. The summed E-state index contributed by atoms with van der Waals surface area (Å²) < 4.78 is 1.58. The molecule has 5 nitrogen and oxygen atoms in total. The van der Waals surface area contributed by atoms with E-state index in [0.29, 0.717) is 21.1 Å². The number of benzene rings is 1. The molecule has 0 aliphatic carbocycles. The third kappa shape index (κ3) is 4.06. The van der Waals surface area contributed by atoms with E-state index in [2.05, 4.69) is 16.2 Å². The van der Waals surface area contributed by atoms with Gasteiger partial charge < -0.3 is 5.32 Å². The van der Waals surface area contributed by atoms with Gasteiger partial charge in [-0.1, -0.05) is 29.3 Å².